The first-order chi connectivity index (χ1) is 11.8. The number of aromatic nitrogens is 1. The molecule has 130 valence electrons. The number of para-hydroxylation sites is 1. The minimum atomic E-state index is 0.556. The molecular formula is C19H27N3OS. The van der Waals surface area contributed by atoms with E-state index in [1.54, 1.807) is 11.3 Å². The summed E-state index contributed by atoms with van der Waals surface area (Å²) in [7, 11) is 2.04. The third-order valence-electron chi connectivity index (χ3n) is 4.60. The molecule has 4 nitrogen and oxygen atoms in total. The second kappa shape index (κ2) is 9.16. The fourth-order valence-corrected chi connectivity index (χ4v) is 3.86. The number of thiazole rings is 1. The quantitative estimate of drug-likeness (QED) is 0.794. The van der Waals surface area contributed by atoms with E-state index in [1.165, 1.54) is 38.0 Å². The summed E-state index contributed by atoms with van der Waals surface area (Å²) in [6.07, 6.45) is 3.94. The van der Waals surface area contributed by atoms with Crippen molar-refractivity contribution >= 4 is 11.3 Å². The maximum absolute atomic E-state index is 5.78. The van der Waals surface area contributed by atoms with Crippen LogP contribution in [0.2, 0.25) is 0 Å². The highest BCUT2D eigenvalue weighted by atomic mass is 32.1. The maximum Gasteiger partial charge on any atom is 0.140 e. The predicted octanol–water partition coefficient (Wildman–Crippen LogP) is 3.54. The molecule has 24 heavy (non-hydrogen) atoms. The molecule has 1 aromatic heterocycles. The lowest BCUT2D eigenvalue weighted by atomic mass is 9.93. The molecular weight excluding hydrogens is 318 g/mol. The molecule has 1 aromatic carbocycles. The number of hydrogen-bond donors (Lipinski definition) is 1. The molecule has 0 unspecified atom stereocenters. The topological polar surface area (TPSA) is 37.4 Å². The Hall–Kier alpha value is -1.43. The lowest BCUT2D eigenvalue weighted by Gasteiger charge is -2.31. The van der Waals surface area contributed by atoms with E-state index >= 15 is 0 Å². The summed E-state index contributed by atoms with van der Waals surface area (Å²) in [5.74, 6) is 1.79. The van der Waals surface area contributed by atoms with E-state index in [2.05, 4.69) is 15.6 Å². The summed E-state index contributed by atoms with van der Waals surface area (Å²) >= 11 is 1.70. The molecule has 2 heterocycles. The standard InChI is InChI=1S/C19H27N3OS/c1-20-10-7-16-8-11-22(12-9-16)13-17-15-24-19(21-17)14-23-18-5-3-2-4-6-18/h2-6,15-16,20H,7-14H2,1H3. The largest absolute Gasteiger partial charge is 0.486 e. The summed E-state index contributed by atoms with van der Waals surface area (Å²) in [5, 5.41) is 6.49. The van der Waals surface area contributed by atoms with Gasteiger partial charge >= 0.3 is 0 Å². The van der Waals surface area contributed by atoms with Crippen molar-refractivity contribution in [2.75, 3.05) is 26.7 Å². The van der Waals surface area contributed by atoms with Crippen LogP contribution in [0.3, 0.4) is 0 Å². The van der Waals surface area contributed by atoms with Crippen molar-refractivity contribution in [1.29, 1.82) is 0 Å². The summed E-state index contributed by atoms with van der Waals surface area (Å²) in [6, 6.07) is 9.93. The fraction of sp³-hybridized carbons (Fsp3) is 0.526. The van der Waals surface area contributed by atoms with Gasteiger partial charge in [0.15, 0.2) is 0 Å². The number of benzene rings is 1. The summed E-state index contributed by atoms with van der Waals surface area (Å²) in [6.45, 7) is 5.06. The number of piperidine rings is 1. The van der Waals surface area contributed by atoms with Crippen LogP contribution >= 0.6 is 11.3 Å². The van der Waals surface area contributed by atoms with Gasteiger partial charge in [0.2, 0.25) is 0 Å². The second-order valence-corrected chi connectivity index (χ2v) is 7.39. The van der Waals surface area contributed by atoms with Crippen LogP contribution in [0.4, 0.5) is 0 Å². The maximum atomic E-state index is 5.78. The van der Waals surface area contributed by atoms with Crippen LogP contribution in [0.1, 0.15) is 30.0 Å². The van der Waals surface area contributed by atoms with E-state index in [-0.39, 0.29) is 0 Å². The Morgan fingerprint density at radius 1 is 1.25 bits per heavy atom. The zero-order valence-electron chi connectivity index (χ0n) is 14.4. The molecule has 1 fully saturated rings. The Bertz CT molecular complexity index is 594. The van der Waals surface area contributed by atoms with Gasteiger partial charge in [0.25, 0.3) is 0 Å². The fourth-order valence-electron chi connectivity index (χ4n) is 3.16. The monoisotopic (exact) mass is 345 g/mol. The average molecular weight is 346 g/mol. The molecule has 0 radical (unpaired) electrons. The normalized spacial score (nSPS) is 16.4. The van der Waals surface area contributed by atoms with E-state index in [1.807, 2.05) is 37.4 Å². The number of likely N-dealkylation sites (tertiary alicyclic amines) is 1. The molecule has 0 amide bonds. The third kappa shape index (κ3) is 5.30. The molecule has 3 rings (SSSR count). The highest BCUT2D eigenvalue weighted by Crippen LogP contribution is 2.22. The van der Waals surface area contributed by atoms with Gasteiger partial charge in [-0.25, -0.2) is 4.98 Å². The lowest BCUT2D eigenvalue weighted by molar-refractivity contribution is 0.171. The number of hydrogen-bond acceptors (Lipinski definition) is 5. The predicted molar refractivity (Wildman–Crippen MR) is 99.4 cm³/mol. The van der Waals surface area contributed by atoms with Crippen LogP contribution in [0.5, 0.6) is 5.75 Å². The molecule has 0 atom stereocenters. The Kier molecular flexibility index (Phi) is 6.64. The molecule has 1 aliphatic heterocycles. The molecule has 0 aliphatic carbocycles. The first-order valence-electron chi connectivity index (χ1n) is 8.81. The van der Waals surface area contributed by atoms with Gasteiger partial charge in [-0.1, -0.05) is 18.2 Å². The van der Waals surface area contributed by atoms with Gasteiger partial charge in [-0.2, -0.15) is 0 Å². The van der Waals surface area contributed by atoms with Crippen molar-refractivity contribution in [2.24, 2.45) is 5.92 Å². The number of nitrogens with one attached hydrogen (secondary N) is 1. The molecule has 2 aromatic rings. The zero-order chi connectivity index (χ0) is 16.6. The smallest absolute Gasteiger partial charge is 0.140 e. The second-order valence-electron chi connectivity index (χ2n) is 6.45. The number of rotatable bonds is 8. The zero-order valence-corrected chi connectivity index (χ0v) is 15.2. The van der Waals surface area contributed by atoms with Crippen molar-refractivity contribution in [3.8, 4) is 5.75 Å². The Morgan fingerprint density at radius 3 is 2.79 bits per heavy atom. The van der Waals surface area contributed by atoms with Crippen molar-refractivity contribution in [2.45, 2.75) is 32.4 Å². The summed E-state index contributed by atoms with van der Waals surface area (Å²) < 4.78 is 5.78. The van der Waals surface area contributed by atoms with Crippen LogP contribution in [0, 0.1) is 5.92 Å². The van der Waals surface area contributed by atoms with Crippen molar-refractivity contribution in [3.05, 3.63) is 46.4 Å². The summed E-state index contributed by atoms with van der Waals surface area (Å²) in [5.41, 5.74) is 1.18. The highest BCUT2D eigenvalue weighted by Gasteiger charge is 2.19. The van der Waals surface area contributed by atoms with Crippen molar-refractivity contribution in [1.82, 2.24) is 15.2 Å². The van der Waals surface area contributed by atoms with Gasteiger partial charge in [-0.05, 0) is 64.0 Å². The lowest BCUT2D eigenvalue weighted by Crippen LogP contribution is -2.34. The molecule has 1 aliphatic rings. The minimum absolute atomic E-state index is 0.556. The van der Waals surface area contributed by atoms with E-state index in [9.17, 15) is 0 Å². The third-order valence-corrected chi connectivity index (χ3v) is 5.47. The molecule has 1 saturated heterocycles. The van der Waals surface area contributed by atoms with E-state index in [0.717, 1.165) is 29.8 Å². The van der Waals surface area contributed by atoms with Crippen LogP contribution in [0.15, 0.2) is 35.7 Å². The van der Waals surface area contributed by atoms with Crippen molar-refractivity contribution < 1.29 is 4.74 Å². The van der Waals surface area contributed by atoms with E-state index < -0.39 is 0 Å². The number of ether oxygens (including phenoxy) is 1. The van der Waals surface area contributed by atoms with Crippen LogP contribution in [-0.2, 0) is 13.2 Å². The average Bonchev–Trinajstić information content (AvgIpc) is 3.08. The van der Waals surface area contributed by atoms with Gasteiger partial charge in [-0.3, -0.25) is 4.90 Å². The van der Waals surface area contributed by atoms with Gasteiger partial charge in [0, 0.05) is 11.9 Å². The van der Waals surface area contributed by atoms with Crippen LogP contribution < -0.4 is 10.1 Å². The molecule has 5 heteroatoms. The van der Waals surface area contributed by atoms with Gasteiger partial charge < -0.3 is 10.1 Å². The van der Waals surface area contributed by atoms with Gasteiger partial charge in [-0.15, -0.1) is 11.3 Å². The number of nitrogens with zero attached hydrogens (tertiary/aromatic N) is 2. The Balaban J connectivity index is 1.41. The molecule has 0 bridgehead atoms. The van der Waals surface area contributed by atoms with Crippen molar-refractivity contribution in [3.63, 3.8) is 0 Å². The van der Waals surface area contributed by atoms with Gasteiger partial charge in [0.05, 0.1) is 5.69 Å². The molecule has 0 spiro atoms. The molecule has 1 N–H and O–H groups in total. The minimum Gasteiger partial charge on any atom is -0.486 e. The van der Waals surface area contributed by atoms with Crippen LogP contribution in [0.25, 0.3) is 0 Å². The van der Waals surface area contributed by atoms with Crippen LogP contribution in [-0.4, -0.2) is 36.6 Å². The Morgan fingerprint density at radius 2 is 2.04 bits per heavy atom. The SMILES string of the molecule is CNCCC1CCN(Cc2csc(COc3ccccc3)n2)CC1. The first kappa shape index (κ1) is 17.4. The van der Waals surface area contributed by atoms with E-state index in [0.29, 0.717) is 6.61 Å². The highest BCUT2D eigenvalue weighted by molar-refractivity contribution is 7.09. The first-order valence-corrected chi connectivity index (χ1v) is 9.69. The van der Waals surface area contributed by atoms with Gasteiger partial charge in [0.1, 0.15) is 17.4 Å². The Labute approximate surface area is 148 Å². The molecule has 0 saturated carbocycles. The van der Waals surface area contributed by atoms with E-state index in [4.69, 9.17) is 9.72 Å². The summed E-state index contributed by atoms with van der Waals surface area (Å²) in [4.78, 5) is 7.26.